The van der Waals surface area contributed by atoms with Gasteiger partial charge in [-0.2, -0.15) is 0 Å². The molecule has 5 heteroatoms. The van der Waals surface area contributed by atoms with E-state index in [2.05, 4.69) is 76.2 Å². The summed E-state index contributed by atoms with van der Waals surface area (Å²) >= 11 is 0. The fraction of sp³-hybridized carbons (Fsp3) is 0.760. The van der Waals surface area contributed by atoms with E-state index in [0.717, 1.165) is 37.2 Å². The molecular weight excluding hydrogens is 673 g/mol. The van der Waals surface area contributed by atoms with Crippen molar-refractivity contribution in [1.29, 1.82) is 0 Å². The molecule has 2 aromatic rings. The first-order valence-electron chi connectivity index (χ1n) is 23.6. The highest BCUT2D eigenvalue weighted by Crippen LogP contribution is 2.24. The monoisotopic (exact) mass is 763 g/mol. The van der Waals surface area contributed by atoms with Gasteiger partial charge in [0.1, 0.15) is 11.5 Å². The first kappa shape index (κ1) is 49.2. The van der Waals surface area contributed by atoms with Gasteiger partial charge in [-0.1, -0.05) is 179 Å². The van der Waals surface area contributed by atoms with E-state index in [1.54, 1.807) is 0 Å². The Labute approximate surface area is 341 Å². The minimum atomic E-state index is 0.197. The van der Waals surface area contributed by atoms with Gasteiger partial charge in [0.25, 0.3) is 0 Å². The van der Waals surface area contributed by atoms with Gasteiger partial charge >= 0.3 is 0 Å². The van der Waals surface area contributed by atoms with Crippen LogP contribution < -0.4 is 27.7 Å². The van der Waals surface area contributed by atoms with Gasteiger partial charge in [-0.3, -0.25) is 0 Å². The van der Waals surface area contributed by atoms with Crippen LogP contribution in [0.3, 0.4) is 0 Å². The molecule has 316 valence electrons. The Morgan fingerprint density at radius 1 is 0.345 bits per heavy atom. The second kappa shape index (κ2) is 32.1. The van der Waals surface area contributed by atoms with Crippen molar-refractivity contribution in [1.82, 2.24) is 0 Å². The third kappa shape index (κ3) is 25.1. The molecule has 0 aromatic heterocycles. The third-order valence-corrected chi connectivity index (χ3v) is 12.6. The van der Waals surface area contributed by atoms with Crippen LogP contribution in [0.25, 0.3) is 0 Å². The van der Waals surface area contributed by atoms with Crippen LogP contribution in [0.1, 0.15) is 206 Å². The molecule has 0 radical (unpaired) electrons. The smallest absolute Gasteiger partial charge is 0.127 e. The number of hydrogen-bond donors (Lipinski definition) is 4. The van der Waals surface area contributed by atoms with Crippen molar-refractivity contribution in [3.63, 3.8) is 0 Å². The summed E-state index contributed by atoms with van der Waals surface area (Å²) in [4.78, 5) is 0. The summed E-state index contributed by atoms with van der Waals surface area (Å²) in [6, 6.07) is 18.4. The lowest BCUT2D eigenvalue weighted by Gasteiger charge is -2.23. The van der Waals surface area contributed by atoms with E-state index in [4.69, 9.17) is 27.7 Å². The molecule has 5 nitrogen and oxygen atoms in total. The number of rotatable bonds is 36. The fourth-order valence-electron chi connectivity index (χ4n) is 7.84. The minimum Gasteiger partial charge on any atom is -0.457 e. The van der Waals surface area contributed by atoms with Crippen molar-refractivity contribution >= 4 is 0 Å². The summed E-state index contributed by atoms with van der Waals surface area (Å²) in [7, 11) is 0. The van der Waals surface area contributed by atoms with Crippen molar-refractivity contribution in [2.45, 2.75) is 232 Å². The van der Waals surface area contributed by atoms with Gasteiger partial charge in [-0.05, 0) is 99.6 Å². The van der Waals surface area contributed by atoms with Crippen molar-refractivity contribution < 1.29 is 4.74 Å². The first-order chi connectivity index (χ1) is 26.7. The zero-order valence-electron chi connectivity index (χ0n) is 36.6. The van der Waals surface area contributed by atoms with Crippen molar-refractivity contribution in [2.75, 3.05) is 0 Å². The van der Waals surface area contributed by atoms with Crippen LogP contribution in [0.4, 0.5) is 0 Å². The van der Waals surface area contributed by atoms with E-state index in [1.165, 1.54) is 165 Å². The molecule has 8 N–H and O–H groups in total. The maximum Gasteiger partial charge on any atom is 0.127 e. The highest BCUT2D eigenvalue weighted by molar-refractivity contribution is 5.34. The van der Waals surface area contributed by atoms with Gasteiger partial charge in [-0.15, -0.1) is 0 Å². The second-order valence-corrected chi connectivity index (χ2v) is 17.7. The first-order valence-corrected chi connectivity index (χ1v) is 23.6. The molecule has 0 saturated heterocycles. The number of benzene rings is 2. The zero-order chi connectivity index (χ0) is 39.9. The molecule has 0 amide bonds. The summed E-state index contributed by atoms with van der Waals surface area (Å²) in [6.07, 6.45) is 37.1. The van der Waals surface area contributed by atoms with Gasteiger partial charge in [0.15, 0.2) is 0 Å². The summed E-state index contributed by atoms with van der Waals surface area (Å²) in [5, 5.41) is 0. The lowest BCUT2D eigenvalue weighted by atomic mass is 9.92. The van der Waals surface area contributed by atoms with Gasteiger partial charge in [0, 0.05) is 24.2 Å². The van der Waals surface area contributed by atoms with E-state index in [-0.39, 0.29) is 24.2 Å². The Kier molecular flexibility index (Phi) is 28.7. The molecule has 0 saturated carbocycles. The van der Waals surface area contributed by atoms with Crippen LogP contribution in [0.15, 0.2) is 48.5 Å². The number of ether oxygens (including phenoxy) is 1. The van der Waals surface area contributed by atoms with Crippen LogP contribution in [0.5, 0.6) is 11.5 Å². The van der Waals surface area contributed by atoms with E-state index in [1.807, 2.05) is 0 Å². The molecular formula is C50H90N4O. The molecule has 0 aliphatic rings. The molecule has 0 heterocycles. The van der Waals surface area contributed by atoms with E-state index < -0.39 is 0 Å². The molecule has 6 unspecified atom stereocenters. The van der Waals surface area contributed by atoms with Crippen molar-refractivity contribution in [3.05, 3.63) is 59.7 Å². The molecule has 6 atom stereocenters. The molecule has 0 aliphatic carbocycles. The maximum absolute atomic E-state index is 6.27. The normalized spacial score (nSPS) is 15.1. The number of unbranched alkanes of at least 4 members (excludes halogenated alkanes) is 22. The standard InChI is InChI=1S/C50H90N4O/c1-41(43(3)51)49(53)31-27-23-19-15-11-7-5-9-13-17-21-25-29-45-33-37-47(38-34-45)55-48-39-35-46(36-40-48)30-26-22-18-14-10-6-8-12-16-20-24-28-32-50(54)42(2)44(4)52/h33-44,49-50H,5-32,51-54H2,1-4H3. The highest BCUT2D eigenvalue weighted by atomic mass is 16.5. The zero-order valence-corrected chi connectivity index (χ0v) is 36.6. The third-order valence-electron chi connectivity index (χ3n) is 12.6. The molecule has 0 aliphatic heterocycles. The number of hydrogen-bond acceptors (Lipinski definition) is 5. The Bertz CT molecular complexity index is 1040. The van der Waals surface area contributed by atoms with Gasteiger partial charge < -0.3 is 27.7 Å². The molecule has 55 heavy (non-hydrogen) atoms. The van der Waals surface area contributed by atoms with Crippen molar-refractivity contribution in [3.8, 4) is 11.5 Å². The van der Waals surface area contributed by atoms with Crippen LogP contribution in [-0.2, 0) is 12.8 Å². The number of aryl methyl sites for hydroxylation is 2. The van der Waals surface area contributed by atoms with Crippen molar-refractivity contribution in [2.24, 2.45) is 34.8 Å². The topological polar surface area (TPSA) is 113 Å². The maximum atomic E-state index is 6.27. The highest BCUT2D eigenvalue weighted by Gasteiger charge is 2.16. The molecule has 0 spiro atoms. The largest absolute Gasteiger partial charge is 0.457 e. The second-order valence-electron chi connectivity index (χ2n) is 17.7. The Morgan fingerprint density at radius 2 is 0.582 bits per heavy atom. The quantitative estimate of drug-likeness (QED) is 0.0516. The van der Waals surface area contributed by atoms with Crippen LogP contribution in [0.2, 0.25) is 0 Å². The van der Waals surface area contributed by atoms with E-state index >= 15 is 0 Å². The van der Waals surface area contributed by atoms with Crippen LogP contribution in [0, 0.1) is 11.8 Å². The molecule has 0 bridgehead atoms. The van der Waals surface area contributed by atoms with E-state index in [9.17, 15) is 0 Å². The average molecular weight is 763 g/mol. The summed E-state index contributed by atoms with van der Waals surface area (Å²) in [6.45, 7) is 8.50. The number of nitrogens with two attached hydrogens (primary N) is 4. The Morgan fingerprint density at radius 3 is 0.836 bits per heavy atom. The SMILES string of the molecule is CC(N)C(C)C(N)CCCCCCCCCCCCCCc1ccc(Oc2ccc(CCCCCCCCCCCCCCC(N)C(C)C(C)N)cc2)cc1. The van der Waals surface area contributed by atoms with Crippen LogP contribution in [-0.4, -0.2) is 24.2 Å². The summed E-state index contributed by atoms with van der Waals surface area (Å²) in [5.41, 5.74) is 27.3. The average Bonchev–Trinajstić information content (AvgIpc) is 3.18. The fourth-order valence-corrected chi connectivity index (χ4v) is 7.84. The molecule has 2 rings (SSSR count). The predicted octanol–water partition coefficient (Wildman–Crippen LogP) is 13.3. The Balaban J connectivity index is 1.38. The summed E-state index contributed by atoms with van der Waals surface area (Å²) in [5.74, 6) is 2.69. The lowest BCUT2D eigenvalue weighted by molar-refractivity contribution is 0.366. The molecule has 2 aromatic carbocycles. The predicted molar refractivity (Wildman–Crippen MR) is 242 cm³/mol. The van der Waals surface area contributed by atoms with Gasteiger partial charge in [0.2, 0.25) is 0 Å². The van der Waals surface area contributed by atoms with Gasteiger partial charge in [0.05, 0.1) is 0 Å². The summed E-state index contributed by atoms with van der Waals surface area (Å²) < 4.78 is 6.16. The Hall–Kier alpha value is -1.92. The van der Waals surface area contributed by atoms with Crippen LogP contribution >= 0.6 is 0 Å². The van der Waals surface area contributed by atoms with E-state index in [0.29, 0.717) is 11.8 Å². The minimum absolute atomic E-state index is 0.197. The van der Waals surface area contributed by atoms with Gasteiger partial charge in [-0.25, -0.2) is 0 Å². The lowest BCUT2D eigenvalue weighted by Crippen LogP contribution is -2.39. The molecule has 0 fully saturated rings.